The molecule has 1 aromatic carbocycles. The van der Waals surface area contributed by atoms with E-state index >= 15 is 0 Å². The van der Waals surface area contributed by atoms with E-state index in [-0.39, 0.29) is 0 Å². The maximum Gasteiger partial charge on any atom is 0.0999 e. The molecular weight excluding hydrogens is 136 g/mol. The molecule has 52 valence electrons. The fourth-order valence-electron chi connectivity index (χ4n) is 0.964. The normalized spacial score (nSPS) is 12.7. The van der Waals surface area contributed by atoms with Gasteiger partial charge in [0.05, 0.1) is 11.7 Å². The van der Waals surface area contributed by atoms with Gasteiger partial charge in [0.2, 0.25) is 0 Å². The molecule has 0 aromatic heterocycles. The van der Waals surface area contributed by atoms with Crippen molar-refractivity contribution >= 4 is 17.8 Å². The van der Waals surface area contributed by atoms with Crippen LogP contribution in [0.15, 0.2) is 40.5 Å². The van der Waals surface area contributed by atoms with Crippen LogP contribution in [0.3, 0.4) is 0 Å². The predicted molar refractivity (Wildman–Crippen MR) is 45.0 cm³/mol. The van der Waals surface area contributed by atoms with Gasteiger partial charge in [-0.3, -0.25) is 0 Å². The number of rotatable bonds is 0. The Morgan fingerprint density at radius 2 is 2.09 bits per heavy atom. The van der Waals surface area contributed by atoms with Gasteiger partial charge in [-0.05, 0) is 12.1 Å². The Balaban J connectivity index is 2.67. The minimum absolute atomic E-state index is 0.921. The highest BCUT2D eigenvalue weighted by Crippen LogP contribution is 2.20. The van der Waals surface area contributed by atoms with Gasteiger partial charge in [0, 0.05) is 11.8 Å². The van der Waals surface area contributed by atoms with Gasteiger partial charge in [-0.2, -0.15) is 9.98 Å². The van der Waals surface area contributed by atoms with E-state index in [0.29, 0.717) is 0 Å². The summed E-state index contributed by atoms with van der Waals surface area (Å²) in [6.45, 7) is 0. The lowest BCUT2D eigenvalue weighted by Crippen LogP contribution is -1.70. The Kier molecular flexibility index (Phi) is 1.39. The van der Waals surface area contributed by atoms with Crippen LogP contribution in [-0.2, 0) is 0 Å². The molecule has 1 heterocycles. The number of benzene rings is 1. The zero-order chi connectivity index (χ0) is 7.52. The average Bonchev–Trinajstić information content (AvgIpc) is 2.28. The number of hydrogen-bond donors (Lipinski definition) is 0. The lowest BCUT2D eigenvalue weighted by molar-refractivity contribution is 1.52. The summed E-state index contributed by atoms with van der Waals surface area (Å²) in [6.07, 6.45) is 3.61. The van der Waals surface area contributed by atoms with Crippen molar-refractivity contribution in [2.45, 2.75) is 0 Å². The standard InChI is InChI=1S/C9H6N2/c1-2-4-9-8(3-1)5-6-10-7-11-9/h1-6H. The van der Waals surface area contributed by atoms with E-state index in [0.717, 1.165) is 11.3 Å². The van der Waals surface area contributed by atoms with Crippen LogP contribution in [0.1, 0.15) is 5.56 Å². The molecule has 0 amide bonds. The van der Waals surface area contributed by atoms with Crippen molar-refractivity contribution in [1.82, 2.24) is 0 Å². The molecule has 1 aliphatic rings. The quantitative estimate of drug-likeness (QED) is 0.531. The third-order valence-electron chi connectivity index (χ3n) is 1.49. The van der Waals surface area contributed by atoms with Crippen LogP contribution < -0.4 is 0 Å². The molecule has 1 aromatic rings. The zero-order valence-electron chi connectivity index (χ0n) is 5.86. The van der Waals surface area contributed by atoms with Gasteiger partial charge in [0.15, 0.2) is 0 Å². The molecule has 0 unspecified atom stereocenters. The van der Waals surface area contributed by atoms with Crippen molar-refractivity contribution in [2.24, 2.45) is 9.98 Å². The van der Waals surface area contributed by atoms with Gasteiger partial charge in [0.25, 0.3) is 0 Å². The summed E-state index contributed by atoms with van der Waals surface area (Å²) < 4.78 is 0. The number of fused-ring (bicyclic) bond motifs is 1. The SMILES string of the molecule is C1=NC=Cc2ccccc2N=1. The summed E-state index contributed by atoms with van der Waals surface area (Å²) in [5.74, 6) is 0. The first kappa shape index (κ1) is 6.08. The monoisotopic (exact) mass is 142 g/mol. The van der Waals surface area contributed by atoms with E-state index in [1.807, 2.05) is 30.3 Å². The second-order valence-corrected chi connectivity index (χ2v) is 2.22. The molecular formula is C9H6N2. The smallest absolute Gasteiger partial charge is 0.0999 e. The van der Waals surface area contributed by atoms with E-state index in [1.54, 1.807) is 6.20 Å². The Hall–Kier alpha value is -1.66. The third kappa shape index (κ3) is 1.11. The molecule has 0 saturated heterocycles. The maximum absolute atomic E-state index is 4.01. The molecule has 0 aliphatic carbocycles. The molecule has 0 N–H and O–H groups in total. The average molecular weight is 142 g/mol. The Bertz CT molecular complexity index is 358. The van der Waals surface area contributed by atoms with Crippen molar-refractivity contribution in [3.8, 4) is 0 Å². The van der Waals surface area contributed by atoms with Crippen LogP contribution in [0.5, 0.6) is 0 Å². The number of nitrogens with zero attached hydrogens (tertiary/aromatic N) is 2. The summed E-state index contributed by atoms with van der Waals surface area (Å²) in [5.41, 5.74) is 2.01. The van der Waals surface area contributed by atoms with Crippen LogP contribution in [0.4, 0.5) is 5.69 Å². The first-order chi connectivity index (χ1) is 5.47. The molecule has 2 heteroatoms. The van der Waals surface area contributed by atoms with Crippen molar-refractivity contribution < 1.29 is 0 Å². The van der Waals surface area contributed by atoms with E-state index in [9.17, 15) is 0 Å². The molecule has 1 aliphatic heterocycles. The third-order valence-corrected chi connectivity index (χ3v) is 1.49. The Morgan fingerprint density at radius 1 is 1.18 bits per heavy atom. The van der Waals surface area contributed by atoms with Crippen LogP contribution >= 0.6 is 0 Å². The van der Waals surface area contributed by atoms with E-state index < -0.39 is 0 Å². The van der Waals surface area contributed by atoms with Gasteiger partial charge in [-0.15, -0.1) is 0 Å². The van der Waals surface area contributed by atoms with Crippen LogP contribution in [0, 0.1) is 0 Å². The minimum Gasteiger partial charge on any atom is -0.195 e. The Morgan fingerprint density at radius 3 is 3.09 bits per heavy atom. The number of para-hydroxylation sites is 1. The molecule has 0 radical (unpaired) electrons. The molecule has 0 saturated carbocycles. The molecule has 0 bridgehead atoms. The highest BCUT2D eigenvalue weighted by atomic mass is 14.8. The van der Waals surface area contributed by atoms with Gasteiger partial charge in [-0.1, -0.05) is 18.2 Å². The molecule has 2 rings (SSSR count). The van der Waals surface area contributed by atoms with E-state index in [2.05, 4.69) is 16.0 Å². The van der Waals surface area contributed by atoms with Crippen LogP contribution in [0.25, 0.3) is 6.08 Å². The lowest BCUT2D eigenvalue weighted by atomic mass is 10.2. The molecule has 0 spiro atoms. The zero-order valence-corrected chi connectivity index (χ0v) is 5.86. The maximum atomic E-state index is 4.01. The largest absolute Gasteiger partial charge is 0.195 e. The van der Waals surface area contributed by atoms with Crippen molar-refractivity contribution in [3.05, 3.63) is 36.0 Å². The lowest BCUT2D eigenvalue weighted by Gasteiger charge is -1.94. The van der Waals surface area contributed by atoms with E-state index in [1.165, 1.54) is 0 Å². The minimum atomic E-state index is 0.921. The molecule has 2 nitrogen and oxygen atoms in total. The highest BCUT2D eigenvalue weighted by Gasteiger charge is 1.95. The number of hydrogen-bond acceptors (Lipinski definition) is 2. The fourth-order valence-corrected chi connectivity index (χ4v) is 0.964. The second kappa shape index (κ2) is 2.52. The molecule has 0 atom stereocenters. The topological polar surface area (TPSA) is 24.7 Å². The summed E-state index contributed by atoms with van der Waals surface area (Å²) in [5, 5.41) is 0. The first-order valence-corrected chi connectivity index (χ1v) is 3.38. The summed E-state index contributed by atoms with van der Waals surface area (Å²) in [6, 6.07) is 10.4. The summed E-state index contributed by atoms with van der Waals surface area (Å²) >= 11 is 0. The summed E-state index contributed by atoms with van der Waals surface area (Å²) in [7, 11) is 0. The first-order valence-electron chi connectivity index (χ1n) is 3.38. The van der Waals surface area contributed by atoms with Gasteiger partial charge >= 0.3 is 0 Å². The van der Waals surface area contributed by atoms with Gasteiger partial charge < -0.3 is 0 Å². The number of aliphatic imine (C=N–C) groups is 2. The Labute approximate surface area is 64.6 Å². The van der Waals surface area contributed by atoms with Gasteiger partial charge in [0.1, 0.15) is 0 Å². The van der Waals surface area contributed by atoms with Crippen LogP contribution in [0.2, 0.25) is 0 Å². The predicted octanol–water partition coefficient (Wildman–Crippen LogP) is 2.48. The van der Waals surface area contributed by atoms with E-state index in [4.69, 9.17) is 0 Å². The summed E-state index contributed by atoms with van der Waals surface area (Å²) in [4.78, 5) is 7.80. The van der Waals surface area contributed by atoms with Crippen LogP contribution in [-0.4, -0.2) is 6.01 Å². The van der Waals surface area contributed by atoms with Gasteiger partial charge in [-0.25, -0.2) is 0 Å². The van der Waals surface area contributed by atoms with Crippen molar-refractivity contribution in [2.75, 3.05) is 0 Å². The molecule has 0 fully saturated rings. The highest BCUT2D eigenvalue weighted by molar-refractivity contribution is 5.69. The van der Waals surface area contributed by atoms with Crippen molar-refractivity contribution in [3.63, 3.8) is 0 Å². The second-order valence-electron chi connectivity index (χ2n) is 2.22. The van der Waals surface area contributed by atoms with Crippen molar-refractivity contribution in [1.29, 1.82) is 0 Å². The molecule has 11 heavy (non-hydrogen) atoms. The fraction of sp³-hybridized carbons (Fsp3) is 0.